The summed E-state index contributed by atoms with van der Waals surface area (Å²) in [6.07, 6.45) is 3.92. The predicted molar refractivity (Wildman–Crippen MR) is 73.2 cm³/mol. The zero-order chi connectivity index (χ0) is 13.8. The third-order valence-corrected chi connectivity index (χ3v) is 3.40. The molecule has 1 aliphatic heterocycles. The van der Waals surface area contributed by atoms with E-state index in [2.05, 4.69) is 20.4 Å². The summed E-state index contributed by atoms with van der Waals surface area (Å²) in [4.78, 5) is 8.28. The number of rotatable bonds is 4. The van der Waals surface area contributed by atoms with Crippen molar-refractivity contribution < 1.29 is 9.26 Å². The van der Waals surface area contributed by atoms with E-state index < -0.39 is 0 Å². The summed E-state index contributed by atoms with van der Waals surface area (Å²) in [7, 11) is 0. The average Bonchev–Trinajstić information content (AvgIpc) is 2.96. The van der Waals surface area contributed by atoms with Crippen molar-refractivity contribution in [3.05, 3.63) is 29.3 Å². The van der Waals surface area contributed by atoms with Crippen molar-refractivity contribution in [1.29, 1.82) is 0 Å². The normalized spacial score (nSPS) is 16.4. The van der Waals surface area contributed by atoms with E-state index in [1.165, 1.54) is 0 Å². The second kappa shape index (κ2) is 6.30. The van der Waals surface area contributed by atoms with Crippen LogP contribution in [0.5, 0.6) is 0 Å². The van der Waals surface area contributed by atoms with Gasteiger partial charge in [-0.25, -0.2) is 4.98 Å². The van der Waals surface area contributed by atoms with Gasteiger partial charge in [-0.1, -0.05) is 16.8 Å². The number of nitrogens with zero attached hydrogens (tertiary/aromatic N) is 3. The van der Waals surface area contributed by atoms with Crippen LogP contribution in [-0.4, -0.2) is 34.3 Å². The SMILES string of the molecule is Clc1ccc(-c2nc(COC3CCNCC3)no2)cn1. The van der Waals surface area contributed by atoms with Crippen molar-refractivity contribution in [2.75, 3.05) is 13.1 Å². The first-order valence-electron chi connectivity index (χ1n) is 6.58. The van der Waals surface area contributed by atoms with Crippen LogP contribution < -0.4 is 5.32 Å². The molecule has 0 bridgehead atoms. The van der Waals surface area contributed by atoms with Gasteiger partial charge in [-0.15, -0.1) is 0 Å². The van der Waals surface area contributed by atoms with Crippen LogP contribution >= 0.6 is 11.6 Å². The quantitative estimate of drug-likeness (QED) is 0.870. The third kappa shape index (κ3) is 3.33. The van der Waals surface area contributed by atoms with E-state index in [-0.39, 0.29) is 6.10 Å². The lowest BCUT2D eigenvalue weighted by Gasteiger charge is -2.22. The van der Waals surface area contributed by atoms with E-state index in [1.807, 2.05) is 0 Å². The molecule has 0 amide bonds. The molecule has 0 atom stereocenters. The van der Waals surface area contributed by atoms with Crippen molar-refractivity contribution in [2.45, 2.75) is 25.6 Å². The number of nitrogens with one attached hydrogen (secondary N) is 1. The highest BCUT2D eigenvalue weighted by Gasteiger charge is 2.15. The van der Waals surface area contributed by atoms with E-state index in [9.17, 15) is 0 Å². The standard InChI is InChI=1S/C13H15ClN4O2/c14-11-2-1-9(7-16-11)13-17-12(18-20-13)8-19-10-3-5-15-6-4-10/h1-2,7,10,15H,3-6,8H2. The molecule has 2 aromatic heterocycles. The molecule has 0 aliphatic carbocycles. The molecule has 0 unspecified atom stereocenters. The maximum absolute atomic E-state index is 5.78. The molecule has 6 nitrogen and oxygen atoms in total. The summed E-state index contributed by atoms with van der Waals surface area (Å²) < 4.78 is 11.0. The topological polar surface area (TPSA) is 73.1 Å². The Kier molecular flexibility index (Phi) is 4.25. The van der Waals surface area contributed by atoms with Crippen LogP contribution in [0.3, 0.4) is 0 Å². The summed E-state index contributed by atoms with van der Waals surface area (Å²) in [5, 5.41) is 7.64. The van der Waals surface area contributed by atoms with Crippen LogP contribution in [0, 0.1) is 0 Å². The van der Waals surface area contributed by atoms with Crippen molar-refractivity contribution in [1.82, 2.24) is 20.4 Å². The minimum absolute atomic E-state index is 0.274. The zero-order valence-electron chi connectivity index (χ0n) is 10.9. The first-order chi connectivity index (χ1) is 9.81. The number of ether oxygens (including phenoxy) is 1. The number of halogens is 1. The summed E-state index contributed by atoms with van der Waals surface area (Å²) in [5.41, 5.74) is 0.745. The molecular weight excluding hydrogens is 280 g/mol. The van der Waals surface area contributed by atoms with Gasteiger partial charge in [-0.2, -0.15) is 4.98 Å². The van der Waals surface area contributed by atoms with E-state index >= 15 is 0 Å². The Balaban J connectivity index is 1.60. The maximum atomic E-state index is 5.78. The third-order valence-electron chi connectivity index (χ3n) is 3.18. The minimum Gasteiger partial charge on any atom is -0.370 e. The van der Waals surface area contributed by atoms with Gasteiger partial charge < -0.3 is 14.6 Å². The second-order valence-electron chi connectivity index (χ2n) is 4.65. The Morgan fingerprint density at radius 3 is 2.95 bits per heavy atom. The molecule has 0 saturated carbocycles. The van der Waals surface area contributed by atoms with Gasteiger partial charge in [0.2, 0.25) is 0 Å². The highest BCUT2D eigenvalue weighted by atomic mass is 35.5. The van der Waals surface area contributed by atoms with Gasteiger partial charge in [0.1, 0.15) is 11.8 Å². The lowest BCUT2D eigenvalue weighted by atomic mass is 10.1. The van der Waals surface area contributed by atoms with E-state index in [4.69, 9.17) is 20.9 Å². The summed E-state index contributed by atoms with van der Waals surface area (Å²) in [5.74, 6) is 0.978. The number of hydrogen-bond donors (Lipinski definition) is 1. The van der Waals surface area contributed by atoms with Crippen molar-refractivity contribution in [2.24, 2.45) is 0 Å². The maximum Gasteiger partial charge on any atom is 0.259 e. The Morgan fingerprint density at radius 2 is 2.20 bits per heavy atom. The minimum atomic E-state index is 0.274. The predicted octanol–water partition coefficient (Wildman–Crippen LogP) is 2.05. The molecule has 106 valence electrons. The van der Waals surface area contributed by atoms with Gasteiger partial charge >= 0.3 is 0 Å². The first-order valence-corrected chi connectivity index (χ1v) is 6.96. The molecule has 1 N–H and O–H groups in total. The molecule has 0 radical (unpaired) electrons. The zero-order valence-corrected chi connectivity index (χ0v) is 11.6. The molecule has 7 heteroatoms. The van der Waals surface area contributed by atoms with Crippen molar-refractivity contribution in [3.63, 3.8) is 0 Å². The second-order valence-corrected chi connectivity index (χ2v) is 5.03. The molecule has 3 heterocycles. The molecule has 1 fully saturated rings. The van der Waals surface area contributed by atoms with Crippen LogP contribution in [-0.2, 0) is 11.3 Å². The fourth-order valence-electron chi connectivity index (χ4n) is 2.09. The summed E-state index contributed by atoms with van der Waals surface area (Å²) >= 11 is 5.74. The Morgan fingerprint density at radius 1 is 1.35 bits per heavy atom. The van der Waals surface area contributed by atoms with Gasteiger partial charge in [0.05, 0.1) is 11.7 Å². The Hall–Kier alpha value is -1.50. The molecule has 1 aliphatic rings. The summed E-state index contributed by atoms with van der Waals surface area (Å²) in [6.45, 7) is 2.37. The van der Waals surface area contributed by atoms with Crippen molar-refractivity contribution in [3.8, 4) is 11.5 Å². The van der Waals surface area contributed by atoms with Crippen LogP contribution in [0.25, 0.3) is 11.5 Å². The molecule has 0 spiro atoms. The average molecular weight is 295 g/mol. The van der Waals surface area contributed by atoms with Gasteiger partial charge in [-0.3, -0.25) is 0 Å². The molecule has 3 rings (SSSR count). The molecule has 1 saturated heterocycles. The smallest absolute Gasteiger partial charge is 0.259 e. The van der Waals surface area contributed by atoms with Gasteiger partial charge in [0.25, 0.3) is 5.89 Å². The Labute approximate surface area is 121 Å². The molecule has 0 aromatic carbocycles. The largest absolute Gasteiger partial charge is 0.370 e. The molecular formula is C13H15ClN4O2. The van der Waals surface area contributed by atoms with Crippen LogP contribution in [0.15, 0.2) is 22.9 Å². The van der Waals surface area contributed by atoms with Crippen LogP contribution in [0.4, 0.5) is 0 Å². The number of piperidine rings is 1. The first kappa shape index (κ1) is 13.5. The van der Waals surface area contributed by atoms with E-state index in [0.717, 1.165) is 31.5 Å². The van der Waals surface area contributed by atoms with Crippen LogP contribution in [0.1, 0.15) is 18.7 Å². The van der Waals surface area contributed by atoms with Gasteiger partial charge in [-0.05, 0) is 38.1 Å². The highest BCUT2D eigenvalue weighted by Crippen LogP contribution is 2.18. The molecule has 20 heavy (non-hydrogen) atoms. The number of aromatic nitrogens is 3. The van der Waals surface area contributed by atoms with E-state index in [0.29, 0.717) is 23.5 Å². The van der Waals surface area contributed by atoms with Crippen LogP contribution in [0.2, 0.25) is 5.15 Å². The molecule has 2 aromatic rings. The Bertz CT molecular complexity index is 552. The number of pyridine rings is 1. The fourth-order valence-corrected chi connectivity index (χ4v) is 2.20. The van der Waals surface area contributed by atoms with Crippen molar-refractivity contribution >= 4 is 11.6 Å². The number of hydrogen-bond acceptors (Lipinski definition) is 6. The van der Waals surface area contributed by atoms with E-state index in [1.54, 1.807) is 18.3 Å². The fraction of sp³-hybridized carbons (Fsp3) is 0.462. The summed E-state index contributed by atoms with van der Waals surface area (Å²) in [6, 6.07) is 3.48. The lowest BCUT2D eigenvalue weighted by Crippen LogP contribution is -2.32. The van der Waals surface area contributed by atoms with Gasteiger partial charge in [0, 0.05) is 6.20 Å². The lowest BCUT2D eigenvalue weighted by molar-refractivity contribution is 0.0170. The highest BCUT2D eigenvalue weighted by molar-refractivity contribution is 6.29. The van der Waals surface area contributed by atoms with Gasteiger partial charge in [0.15, 0.2) is 5.82 Å². The monoisotopic (exact) mass is 294 g/mol.